The summed E-state index contributed by atoms with van der Waals surface area (Å²) in [5.41, 5.74) is 2.77. The van der Waals surface area contributed by atoms with Crippen LogP contribution in [0.15, 0.2) is 29.3 Å². The minimum atomic E-state index is -0.114. The lowest BCUT2D eigenvalue weighted by Crippen LogP contribution is -2.38. The van der Waals surface area contributed by atoms with Crippen molar-refractivity contribution in [2.24, 2.45) is 0 Å². The molecule has 1 aromatic carbocycles. The van der Waals surface area contributed by atoms with Gasteiger partial charge in [0, 0.05) is 17.7 Å². The van der Waals surface area contributed by atoms with Crippen LogP contribution in [0.2, 0.25) is 0 Å². The Kier molecular flexibility index (Phi) is 3.66. The quantitative estimate of drug-likeness (QED) is 0.906. The molecule has 1 amide bonds. The molecule has 0 aliphatic carbocycles. The first-order valence-corrected chi connectivity index (χ1v) is 7.09. The maximum atomic E-state index is 12.6. The number of aromatic amines is 1. The minimum absolute atomic E-state index is 0.0570. The van der Waals surface area contributed by atoms with Crippen LogP contribution in [0.4, 0.5) is 0 Å². The molecule has 6 nitrogen and oxygen atoms in total. The van der Waals surface area contributed by atoms with Crippen molar-refractivity contribution < 1.29 is 9.53 Å². The van der Waals surface area contributed by atoms with Gasteiger partial charge in [-0.25, -0.2) is 4.98 Å². The van der Waals surface area contributed by atoms with E-state index >= 15 is 0 Å². The zero-order chi connectivity index (χ0) is 15.7. The van der Waals surface area contributed by atoms with E-state index in [4.69, 9.17) is 4.74 Å². The summed E-state index contributed by atoms with van der Waals surface area (Å²) in [6, 6.07) is 5.38. The number of fused-ring (bicyclic) bond motifs is 1. The fourth-order valence-corrected chi connectivity index (χ4v) is 2.73. The van der Waals surface area contributed by atoms with Gasteiger partial charge in [-0.2, -0.15) is 0 Å². The van der Waals surface area contributed by atoms with Gasteiger partial charge in [0.15, 0.2) is 0 Å². The molecule has 0 saturated carbocycles. The number of aryl methyl sites for hydroxylation is 1. The van der Waals surface area contributed by atoms with Gasteiger partial charge in [0.2, 0.25) is 0 Å². The standard InChI is InChI=1S/C16H17N3O3/c1-10-7-11(3-4-14(10)22-2)16(21)19-6-5-12-13(8-19)17-9-18-15(12)20/h3-4,7,9H,5-6,8H2,1-2H3,(H,17,18,20). The third-order valence-electron chi connectivity index (χ3n) is 3.94. The molecule has 0 saturated heterocycles. The van der Waals surface area contributed by atoms with Gasteiger partial charge < -0.3 is 14.6 Å². The topological polar surface area (TPSA) is 75.3 Å². The Labute approximate surface area is 127 Å². The smallest absolute Gasteiger partial charge is 0.254 e. The van der Waals surface area contributed by atoms with Crippen LogP contribution >= 0.6 is 0 Å². The van der Waals surface area contributed by atoms with E-state index in [0.29, 0.717) is 36.3 Å². The number of nitrogens with zero attached hydrogens (tertiary/aromatic N) is 2. The van der Waals surface area contributed by atoms with Gasteiger partial charge in [-0.05, 0) is 37.1 Å². The zero-order valence-corrected chi connectivity index (χ0v) is 12.5. The normalized spacial score (nSPS) is 13.6. The zero-order valence-electron chi connectivity index (χ0n) is 12.5. The van der Waals surface area contributed by atoms with E-state index in [9.17, 15) is 9.59 Å². The molecule has 6 heteroatoms. The van der Waals surface area contributed by atoms with Crippen molar-refractivity contribution in [2.75, 3.05) is 13.7 Å². The number of ether oxygens (including phenoxy) is 1. The highest BCUT2D eigenvalue weighted by atomic mass is 16.5. The Morgan fingerprint density at radius 2 is 2.23 bits per heavy atom. The van der Waals surface area contributed by atoms with Crippen LogP contribution in [-0.2, 0) is 13.0 Å². The number of benzene rings is 1. The van der Waals surface area contributed by atoms with E-state index < -0.39 is 0 Å². The van der Waals surface area contributed by atoms with Crippen molar-refractivity contribution in [2.45, 2.75) is 19.9 Å². The highest BCUT2D eigenvalue weighted by Gasteiger charge is 2.24. The van der Waals surface area contributed by atoms with Crippen LogP contribution in [0.5, 0.6) is 5.75 Å². The Balaban J connectivity index is 1.85. The average molecular weight is 299 g/mol. The third-order valence-corrected chi connectivity index (χ3v) is 3.94. The molecule has 1 aromatic heterocycles. The van der Waals surface area contributed by atoms with Crippen molar-refractivity contribution in [3.05, 3.63) is 57.3 Å². The predicted molar refractivity (Wildman–Crippen MR) is 81.0 cm³/mol. The second kappa shape index (κ2) is 5.63. The van der Waals surface area contributed by atoms with Gasteiger partial charge in [-0.3, -0.25) is 9.59 Å². The molecule has 22 heavy (non-hydrogen) atoms. The van der Waals surface area contributed by atoms with Crippen molar-refractivity contribution in [1.29, 1.82) is 0 Å². The molecule has 0 bridgehead atoms. The molecule has 0 radical (unpaired) electrons. The van der Waals surface area contributed by atoms with Crippen LogP contribution in [0.25, 0.3) is 0 Å². The van der Waals surface area contributed by atoms with Gasteiger partial charge in [-0.15, -0.1) is 0 Å². The second-order valence-electron chi connectivity index (χ2n) is 5.32. The highest BCUT2D eigenvalue weighted by Crippen LogP contribution is 2.21. The van der Waals surface area contributed by atoms with E-state index in [1.807, 2.05) is 13.0 Å². The number of H-pyrrole nitrogens is 1. The first-order chi connectivity index (χ1) is 10.6. The molecule has 2 heterocycles. The molecule has 0 fully saturated rings. The number of rotatable bonds is 2. The van der Waals surface area contributed by atoms with Crippen LogP contribution in [-0.4, -0.2) is 34.4 Å². The first-order valence-electron chi connectivity index (χ1n) is 7.09. The van der Waals surface area contributed by atoms with Gasteiger partial charge in [-0.1, -0.05) is 0 Å². The lowest BCUT2D eigenvalue weighted by molar-refractivity contribution is 0.0731. The van der Waals surface area contributed by atoms with Crippen molar-refractivity contribution >= 4 is 5.91 Å². The molecule has 0 atom stereocenters. The average Bonchev–Trinajstić information content (AvgIpc) is 2.54. The molecule has 0 spiro atoms. The summed E-state index contributed by atoms with van der Waals surface area (Å²) >= 11 is 0. The van der Waals surface area contributed by atoms with E-state index in [-0.39, 0.29) is 11.5 Å². The van der Waals surface area contributed by atoms with Crippen LogP contribution < -0.4 is 10.3 Å². The summed E-state index contributed by atoms with van der Waals surface area (Å²) in [7, 11) is 1.61. The largest absolute Gasteiger partial charge is 0.496 e. The van der Waals surface area contributed by atoms with Gasteiger partial charge >= 0.3 is 0 Å². The van der Waals surface area contributed by atoms with E-state index in [0.717, 1.165) is 11.3 Å². The molecule has 2 aromatic rings. The molecule has 1 aliphatic heterocycles. The number of carbonyl (C=O) groups is 1. The van der Waals surface area contributed by atoms with E-state index in [1.165, 1.54) is 6.33 Å². The predicted octanol–water partition coefficient (Wildman–Crippen LogP) is 1.29. The number of hydrogen-bond acceptors (Lipinski definition) is 4. The van der Waals surface area contributed by atoms with Crippen molar-refractivity contribution in [3.8, 4) is 5.75 Å². The molecule has 3 rings (SSSR count). The summed E-state index contributed by atoms with van der Waals surface area (Å²) in [5, 5.41) is 0. The Morgan fingerprint density at radius 3 is 2.95 bits per heavy atom. The maximum absolute atomic E-state index is 12.6. The fourth-order valence-electron chi connectivity index (χ4n) is 2.73. The van der Waals surface area contributed by atoms with Gasteiger partial charge in [0.25, 0.3) is 11.5 Å². The molecule has 0 unspecified atom stereocenters. The summed E-state index contributed by atoms with van der Waals surface area (Å²) < 4.78 is 5.21. The molecule has 1 aliphatic rings. The summed E-state index contributed by atoms with van der Waals surface area (Å²) in [6.07, 6.45) is 1.91. The van der Waals surface area contributed by atoms with E-state index in [2.05, 4.69) is 9.97 Å². The summed E-state index contributed by atoms with van der Waals surface area (Å²) in [4.78, 5) is 32.8. The van der Waals surface area contributed by atoms with E-state index in [1.54, 1.807) is 24.1 Å². The minimum Gasteiger partial charge on any atom is -0.496 e. The third kappa shape index (κ3) is 2.47. The number of hydrogen-bond donors (Lipinski definition) is 1. The lowest BCUT2D eigenvalue weighted by Gasteiger charge is -2.27. The number of nitrogens with one attached hydrogen (secondary N) is 1. The molecular formula is C16H17N3O3. The second-order valence-corrected chi connectivity index (χ2v) is 5.32. The summed E-state index contributed by atoms with van der Waals surface area (Å²) in [5.74, 6) is 0.701. The number of methoxy groups -OCH3 is 1. The fraction of sp³-hybridized carbons (Fsp3) is 0.312. The summed E-state index contributed by atoms with van der Waals surface area (Å²) in [6.45, 7) is 2.79. The number of amides is 1. The molecular weight excluding hydrogens is 282 g/mol. The van der Waals surface area contributed by atoms with Crippen molar-refractivity contribution in [3.63, 3.8) is 0 Å². The monoisotopic (exact) mass is 299 g/mol. The van der Waals surface area contributed by atoms with Gasteiger partial charge in [0.05, 0.1) is 25.7 Å². The Bertz CT molecular complexity index is 782. The SMILES string of the molecule is COc1ccc(C(=O)N2CCc3c(nc[nH]c3=O)C2)cc1C. The van der Waals surface area contributed by atoms with Gasteiger partial charge in [0.1, 0.15) is 5.75 Å². The Morgan fingerprint density at radius 1 is 1.41 bits per heavy atom. The number of carbonyl (C=O) groups excluding carboxylic acids is 1. The maximum Gasteiger partial charge on any atom is 0.254 e. The number of aromatic nitrogens is 2. The van der Waals surface area contributed by atoms with Crippen LogP contribution in [0, 0.1) is 6.92 Å². The lowest BCUT2D eigenvalue weighted by atomic mass is 10.0. The Hall–Kier alpha value is -2.63. The molecule has 1 N–H and O–H groups in total. The highest BCUT2D eigenvalue weighted by molar-refractivity contribution is 5.94. The first kappa shape index (κ1) is 14.3. The molecule has 114 valence electrons. The van der Waals surface area contributed by atoms with Crippen LogP contribution in [0.1, 0.15) is 27.2 Å². The van der Waals surface area contributed by atoms with Crippen LogP contribution in [0.3, 0.4) is 0 Å². The van der Waals surface area contributed by atoms with Crippen molar-refractivity contribution in [1.82, 2.24) is 14.9 Å².